The van der Waals surface area contributed by atoms with Gasteiger partial charge in [0.05, 0.1) is 40.9 Å². The highest BCUT2D eigenvalue weighted by atomic mass is 19.1. The van der Waals surface area contributed by atoms with Gasteiger partial charge in [0.25, 0.3) is 11.7 Å². The van der Waals surface area contributed by atoms with Crippen LogP contribution in [0, 0.1) is 42.3 Å². The molecule has 18 heteroatoms. The average molecular weight is 1030 g/mol. The number of Topliss-reactive ketones (excluding diaryl/α,β-unsaturated/α-hetero) is 1. The normalized spacial score (nSPS) is 30.4. The molecular weight excluding hydrogens is 952 g/mol. The fourth-order valence-corrected chi connectivity index (χ4v) is 11.2. The number of allylic oxidation sites excluding steroid dienone is 2. The molecule has 5 N–H and O–H groups in total. The number of nitrogens with one attached hydrogen (secondary N) is 1. The number of aromatic hydroxyl groups is 2. The van der Waals surface area contributed by atoms with Crippen LogP contribution in [0.3, 0.4) is 0 Å². The number of phenols is 2. The molecule has 2 saturated heterocycles. The van der Waals surface area contributed by atoms with Crippen molar-refractivity contribution < 1.29 is 58.1 Å². The predicted molar refractivity (Wildman–Crippen MR) is 277 cm³/mol. The van der Waals surface area contributed by atoms with Crippen LogP contribution >= 0.6 is 0 Å². The van der Waals surface area contributed by atoms with Crippen molar-refractivity contribution in [3.8, 4) is 17.2 Å². The number of phenolic OH excluding ortho intramolecular Hbond substituents is 2. The number of fused-ring (bicyclic) bond motifs is 13. The van der Waals surface area contributed by atoms with Crippen LogP contribution in [0.1, 0.15) is 90.6 Å². The molecule has 0 radical (unpaired) electrons. The molecule has 6 heterocycles. The standard InChI is InChI=1S/C56H73FN6O11/c1-30(2)29-61-24-20-56(21-25-61)59-43-40-41-48(66)36(8)51-42(40)52(68)55(9,74-51)72-28-19-39(71-10)33(5)50(73-54(70)63-23-12-22-62(26-27-63)38-17-15-37(57)16-18-38)35(7)47(65)34(6)46(64)31(3)13-11-14-32(4)53(69)58-45(49(41)67)44(43)60-56/h11,13-19,28,30-31,33-35,39,46-47,50,64-67H,12,20-27,29H2,1-10H3,(H,58,69)/b13-11+,28-19+,32-14-/t31-,33+,34+,35+,39-,46-,47+,50+,55-/m0/s1. The Morgan fingerprint density at radius 1 is 0.892 bits per heavy atom. The molecule has 6 aliphatic rings. The second-order valence-corrected chi connectivity index (χ2v) is 21.5. The highest BCUT2D eigenvalue weighted by Crippen LogP contribution is 2.50. The molecule has 0 saturated carbocycles. The molecule has 1 spiro atoms. The molecule has 9 atom stereocenters. The smallest absolute Gasteiger partial charge is 0.410 e. The molecule has 2 amide bonds. The molecule has 0 aliphatic carbocycles. The van der Waals surface area contributed by atoms with Crippen LogP contribution in [0.15, 0.2) is 70.4 Å². The lowest BCUT2D eigenvalue weighted by molar-refractivity contribution is -0.112. The number of carbonyl (C=O) groups excluding carboxylic acids is 3. The highest BCUT2D eigenvalue weighted by molar-refractivity contribution is 6.19. The summed E-state index contributed by atoms with van der Waals surface area (Å²) in [6, 6.07) is 6.22. The van der Waals surface area contributed by atoms with Gasteiger partial charge in [0.2, 0.25) is 0 Å². The molecule has 6 aliphatic heterocycles. The Balaban J connectivity index is 1.18. The number of benzene rings is 3. The van der Waals surface area contributed by atoms with Crippen molar-refractivity contribution in [2.24, 2.45) is 39.6 Å². The summed E-state index contributed by atoms with van der Waals surface area (Å²) in [4.78, 5) is 59.7. The number of hydrogen-bond acceptors (Lipinski definition) is 15. The number of carbonyl (C=O) groups is 3. The summed E-state index contributed by atoms with van der Waals surface area (Å²) in [6.45, 7) is 20.0. The number of aliphatic hydroxyl groups excluding tert-OH is 2. The lowest BCUT2D eigenvalue weighted by Gasteiger charge is -2.38. The zero-order chi connectivity index (χ0) is 53.6. The van der Waals surface area contributed by atoms with Gasteiger partial charge in [0, 0.05) is 119 Å². The number of aliphatic hydroxyl groups is 2. The Kier molecular flexibility index (Phi) is 15.8. The summed E-state index contributed by atoms with van der Waals surface area (Å²) >= 11 is 0. The zero-order valence-electron chi connectivity index (χ0n) is 44.2. The quantitative estimate of drug-likeness (QED) is 0.169. The van der Waals surface area contributed by atoms with E-state index in [2.05, 4.69) is 29.0 Å². The summed E-state index contributed by atoms with van der Waals surface area (Å²) in [5.41, 5.74) is 0.177. The summed E-state index contributed by atoms with van der Waals surface area (Å²) in [6.07, 6.45) is 4.69. The average Bonchev–Trinajstić information content (AvgIpc) is 3.74. The first-order valence-corrected chi connectivity index (χ1v) is 25.9. The number of likely N-dealkylation sites (tertiary alicyclic amines) is 1. The van der Waals surface area contributed by atoms with Gasteiger partial charge in [0.1, 0.15) is 34.5 Å². The van der Waals surface area contributed by atoms with Gasteiger partial charge in [-0.25, -0.2) is 9.18 Å². The fourth-order valence-electron chi connectivity index (χ4n) is 11.2. The molecule has 17 nitrogen and oxygen atoms in total. The maximum atomic E-state index is 15.0. The van der Waals surface area contributed by atoms with Gasteiger partial charge in [-0.1, -0.05) is 59.8 Å². The lowest BCUT2D eigenvalue weighted by Crippen LogP contribution is -2.48. The van der Waals surface area contributed by atoms with Crippen LogP contribution in [0.4, 0.5) is 20.6 Å². The molecule has 400 valence electrons. The summed E-state index contributed by atoms with van der Waals surface area (Å²) in [7, 11) is 1.47. The maximum Gasteiger partial charge on any atom is 0.410 e. The monoisotopic (exact) mass is 1020 g/mol. The van der Waals surface area contributed by atoms with Crippen molar-refractivity contribution in [3.05, 3.63) is 88.1 Å². The Labute approximate surface area is 432 Å². The van der Waals surface area contributed by atoms with Gasteiger partial charge < -0.3 is 59.4 Å². The van der Waals surface area contributed by atoms with Crippen molar-refractivity contribution in [1.29, 1.82) is 0 Å². The molecule has 3 aromatic rings. The third-order valence-electron chi connectivity index (χ3n) is 15.8. The number of hydrogen-bond donors (Lipinski definition) is 5. The third-order valence-corrected chi connectivity index (χ3v) is 15.8. The first kappa shape index (κ1) is 54.2. The Morgan fingerprint density at radius 3 is 2.26 bits per heavy atom. The largest absolute Gasteiger partial charge is 0.507 e. The van der Waals surface area contributed by atoms with Crippen molar-refractivity contribution in [2.45, 2.75) is 117 Å². The van der Waals surface area contributed by atoms with E-state index < -0.39 is 83.1 Å². The summed E-state index contributed by atoms with van der Waals surface area (Å²) in [5.74, 6) is -6.68. The molecule has 0 aromatic heterocycles. The van der Waals surface area contributed by atoms with Gasteiger partial charge in [-0.15, -0.1) is 0 Å². The van der Waals surface area contributed by atoms with E-state index >= 15 is 0 Å². The zero-order valence-corrected chi connectivity index (χ0v) is 44.2. The molecule has 74 heavy (non-hydrogen) atoms. The van der Waals surface area contributed by atoms with Crippen LogP contribution < -0.4 is 25.7 Å². The number of ketones is 1. The Morgan fingerprint density at radius 2 is 1.58 bits per heavy atom. The molecule has 2 fully saturated rings. The van der Waals surface area contributed by atoms with E-state index in [0.29, 0.717) is 64.4 Å². The number of rotatable bonds is 5. The van der Waals surface area contributed by atoms with Crippen molar-refractivity contribution in [1.82, 2.24) is 9.80 Å². The minimum Gasteiger partial charge on any atom is -0.507 e. The van der Waals surface area contributed by atoms with Gasteiger partial charge in [-0.3, -0.25) is 19.6 Å². The first-order chi connectivity index (χ1) is 35.1. The second-order valence-electron chi connectivity index (χ2n) is 21.5. The Bertz CT molecular complexity index is 2860. The minimum atomic E-state index is -2.01. The number of anilines is 2. The van der Waals surface area contributed by atoms with Gasteiger partial charge in [-0.2, -0.15) is 0 Å². The summed E-state index contributed by atoms with van der Waals surface area (Å²) < 4.78 is 38.8. The van der Waals surface area contributed by atoms with Crippen LogP contribution in [-0.2, 0) is 19.0 Å². The molecule has 0 unspecified atom stereocenters. The van der Waals surface area contributed by atoms with Crippen LogP contribution in [0.5, 0.6) is 17.2 Å². The molecule has 3 aromatic carbocycles. The van der Waals surface area contributed by atoms with E-state index in [9.17, 15) is 39.2 Å². The number of ether oxygens (including phenoxy) is 4. The second kappa shape index (κ2) is 21.6. The van der Waals surface area contributed by atoms with Crippen molar-refractivity contribution in [2.75, 3.05) is 63.1 Å². The van der Waals surface area contributed by atoms with E-state index in [1.807, 2.05) is 6.92 Å². The highest BCUT2D eigenvalue weighted by Gasteiger charge is 2.50. The van der Waals surface area contributed by atoms with Crippen molar-refractivity contribution >= 4 is 39.9 Å². The topological polar surface area (TPSA) is 216 Å². The van der Waals surface area contributed by atoms with Crippen molar-refractivity contribution in [3.63, 3.8) is 0 Å². The lowest BCUT2D eigenvalue weighted by atomic mass is 9.78. The van der Waals surface area contributed by atoms with Gasteiger partial charge in [-0.05, 0) is 56.5 Å². The van der Waals surface area contributed by atoms with E-state index in [1.54, 1.807) is 76.0 Å². The molecule has 9 rings (SSSR count). The molecule has 5 bridgehead atoms. The van der Waals surface area contributed by atoms with Gasteiger partial charge >= 0.3 is 11.9 Å². The maximum absolute atomic E-state index is 15.0. The van der Waals surface area contributed by atoms with Crippen LogP contribution in [-0.4, -0.2) is 137 Å². The first-order valence-electron chi connectivity index (χ1n) is 25.9. The minimum absolute atomic E-state index is 0.0192. The third kappa shape index (κ3) is 10.5. The number of halogens is 1. The number of amides is 2. The Hall–Kier alpha value is -6.08. The number of piperidine rings is 1. The fraction of sp³-hybridized carbons (Fsp3) is 0.554. The van der Waals surface area contributed by atoms with E-state index in [4.69, 9.17) is 28.9 Å². The number of nitrogens with zero attached hydrogens (tertiary/aromatic N) is 5. The van der Waals surface area contributed by atoms with Crippen LogP contribution in [0.2, 0.25) is 0 Å². The predicted octanol–water partition coefficient (Wildman–Crippen LogP) is 6.67. The van der Waals surface area contributed by atoms with E-state index in [1.165, 1.54) is 32.4 Å². The van der Waals surface area contributed by atoms with E-state index in [0.717, 1.165) is 12.2 Å². The summed E-state index contributed by atoms with van der Waals surface area (Å²) in [5, 5.41) is 51.2. The van der Waals surface area contributed by atoms with Gasteiger partial charge in [0.15, 0.2) is 11.4 Å². The molecular formula is C56H73FN6O11. The number of methoxy groups -OCH3 is 1. The SMILES string of the molecule is CO[C@H]1/C=C/O[C@@]2(C)Oc3c(C)c(O)c4c(O)c(c5c(c4c3C2=O)=NC2(CCN(CC(C)C)CC2)N=5)NC(=O)/C(C)=C\C=C\[C@H](C)[C@H](O)[C@@H](C)[C@@H](O)[C@@H](C)[C@H](OC(=O)N2CCCN(c3ccc(F)cc3)CC2)[C@@H]1C. The van der Waals surface area contributed by atoms with Crippen LogP contribution in [0.25, 0.3) is 10.8 Å². The van der Waals surface area contributed by atoms with E-state index in [-0.39, 0.29) is 61.2 Å².